The van der Waals surface area contributed by atoms with Crippen LogP contribution in [0.5, 0.6) is 0 Å². The van der Waals surface area contributed by atoms with Gasteiger partial charge in [0.2, 0.25) is 0 Å². The van der Waals surface area contributed by atoms with Gasteiger partial charge in [0, 0.05) is 31.0 Å². The number of likely N-dealkylation sites (tertiary alicyclic amines) is 1. The zero-order valence-corrected chi connectivity index (χ0v) is 11.4. The number of carbonyl (C=O) groups is 1. The second kappa shape index (κ2) is 6.15. The number of amides is 2. The first-order valence-corrected chi connectivity index (χ1v) is 7.17. The van der Waals surface area contributed by atoms with Gasteiger partial charge in [-0.05, 0) is 12.8 Å². The van der Waals surface area contributed by atoms with Crippen LogP contribution < -0.4 is 5.32 Å². The van der Waals surface area contributed by atoms with E-state index in [1.807, 2.05) is 5.38 Å². The number of hydrogen-bond acceptors (Lipinski definition) is 4. The summed E-state index contributed by atoms with van der Waals surface area (Å²) in [5, 5.41) is 15.0. The zero-order valence-electron chi connectivity index (χ0n) is 10.6. The first-order valence-electron chi connectivity index (χ1n) is 6.29. The fourth-order valence-corrected chi connectivity index (χ4v) is 2.78. The summed E-state index contributed by atoms with van der Waals surface area (Å²) in [5.41, 5.74) is 0.920. The van der Waals surface area contributed by atoms with Gasteiger partial charge in [-0.2, -0.15) is 0 Å². The summed E-state index contributed by atoms with van der Waals surface area (Å²) in [5.74, 6) is 0.238. The zero-order chi connectivity index (χ0) is 13.0. The van der Waals surface area contributed by atoms with Gasteiger partial charge in [-0.3, -0.25) is 0 Å². The molecule has 1 unspecified atom stereocenters. The summed E-state index contributed by atoms with van der Waals surface area (Å²) >= 11 is 1.63. The molecule has 1 aliphatic rings. The molecule has 18 heavy (non-hydrogen) atoms. The summed E-state index contributed by atoms with van der Waals surface area (Å²) in [6.07, 6.45) is 1.82. The Morgan fingerprint density at radius 2 is 2.56 bits per heavy atom. The van der Waals surface area contributed by atoms with Crippen LogP contribution in [0.3, 0.4) is 0 Å². The quantitative estimate of drug-likeness (QED) is 0.864. The van der Waals surface area contributed by atoms with Crippen molar-refractivity contribution in [1.29, 1.82) is 0 Å². The van der Waals surface area contributed by atoms with Crippen LogP contribution in [-0.2, 0) is 13.0 Å². The number of rotatable bonds is 4. The van der Waals surface area contributed by atoms with Crippen LogP contribution in [0.1, 0.15) is 24.0 Å². The van der Waals surface area contributed by atoms with Crippen LogP contribution in [0, 0.1) is 5.92 Å². The smallest absolute Gasteiger partial charge is 0.317 e. The molecule has 0 aromatic carbocycles. The molecule has 1 aromatic heterocycles. The van der Waals surface area contributed by atoms with E-state index in [0.29, 0.717) is 13.1 Å². The van der Waals surface area contributed by atoms with Crippen LogP contribution in [0.25, 0.3) is 0 Å². The molecule has 2 heterocycles. The van der Waals surface area contributed by atoms with E-state index in [9.17, 15) is 4.79 Å². The molecule has 1 aliphatic heterocycles. The van der Waals surface area contributed by atoms with Crippen molar-refractivity contribution in [3.63, 3.8) is 0 Å². The topological polar surface area (TPSA) is 65.5 Å². The number of hydrogen-bond donors (Lipinski definition) is 2. The Balaban J connectivity index is 1.78. The molecule has 0 aliphatic carbocycles. The van der Waals surface area contributed by atoms with Crippen molar-refractivity contribution in [1.82, 2.24) is 15.2 Å². The number of aliphatic hydroxyl groups excluding tert-OH is 1. The molecule has 100 valence electrons. The number of nitrogens with one attached hydrogen (secondary N) is 1. The molecule has 2 N–H and O–H groups in total. The highest BCUT2D eigenvalue weighted by molar-refractivity contribution is 7.09. The van der Waals surface area contributed by atoms with E-state index < -0.39 is 0 Å². The van der Waals surface area contributed by atoms with Gasteiger partial charge < -0.3 is 15.3 Å². The molecule has 1 atom stereocenters. The number of aromatic nitrogens is 1. The average molecular weight is 269 g/mol. The SMILES string of the molecule is CCc1nc(CNC(=O)N2CCC(CO)C2)cs1. The van der Waals surface area contributed by atoms with Gasteiger partial charge in [-0.15, -0.1) is 11.3 Å². The second-order valence-electron chi connectivity index (χ2n) is 4.53. The van der Waals surface area contributed by atoms with Crippen molar-refractivity contribution in [2.75, 3.05) is 19.7 Å². The molecule has 1 aromatic rings. The number of nitrogens with zero attached hydrogens (tertiary/aromatic N) is 2. The third-order valence-corrected chi connectivity index (χ3v) is 4.20. The van der Waals surface area contributed by atoms with Crippen molar-refractivity contribution >= 4 is 17.4 Å². The molecule has 1 fully saturated rings. The highest BCUT2D eigenvalue weighted by Gasteiger charge is 2.25. The van der Waals surface area contributed by atoms with Gasteiger partial charge in [0.25, 0.3) is 0 Å². The maximum absolute atomic E-state index is 11.9. The van der Waals surface area contributed by atoms with Crippen LogP contribution in [0.4, 0.5) is 4.79 Å². The summed E-state index contributed by atoms with van der Waals surface area (Å²) in [4.78, 5) is 18.0. The Labute approximate surface area is 111 Å². The van der Waals surface area contributed by atoms with Gasteiger partial charge in [0.15, 0.2) is 0 Å². The Kier molecular flexibility index (Phi) is 4.54. The van der Waals surface area contributed by atoms with Crippen molar-refractivity contribution in [2.45, 2.75) is 26.3 Å². The number of aryl methyl sites for hydroxylation is 1. The summed E-state index contributed by atoms with van der Waals surface area (Å²) in [7, 11) is 0. The minimum Gasteiger partial charge on any atom is -0.396 e. The maximum Gasteiger partial charge on any atom is 0.317 e. The van der Waals surface area contributed by atoms with Crippen LogP contribution >= 0.6 is 11.3 Å². The van der Waals surface area contributed by atoms with Gasteiger partial charge in [0.1, 0.15) is 0 Å². The Morgan fingerprint density at radius 3 is 3.17 bits per heavy atom. The predicted molar refractivity (Wildman–Crippen MR) is 70.5 cm³/mol. The molecule has 0 bridgehead atoms. The van der Waals surface area contributed by atoms with Crippen LogP contribution in [0.15, 0.2) is 5.38 Å². The first kappa shape index (κ1) is 13.3. The van der Waals surface area contributed by atoms with E-state index in [4.69, 9.17) is 5.11 Å². The molecule has 0 spiro atoms. The van der Waals surface area contributed by atoms with E-state index in [2.05, 4.69) is 17.2 Å². The van der Waals surface area contributed by atoms with E-state index in [1.165, 1.54) is 0 Å². The lowest BCUT2D eigenvalue weighted by atomic mass is 10.1. The molecule has 0 saturated carbocycles. The normalized spacial score (nSPS) is 19.2. The monoisotopic (exact) mass is 269 g/mol. The summed E-state index contributed by atoms with van der Waals surface area (Å²) in [6.45, 7) is 4.10. The number of aliphatic hydroxyl groups is 1. The Bertz CT molecular complexity index is 408. The third-order valence-electron chi connectivity index (χ3n) is 3.15. The average Bonchev–Trinajstić information content (AvgIpc) is 3.04. The van der Waals surface area contributed by atoms with E-state index in [0.717, 1.165) is 30.1 Å². The lowest BCUT2D eigenvalue weighted by molar-refractivity contribution is 0.198. The van der Waals surface area contributed by atoms with E-state index in [-0.39, 0.29) is 18.6 Å². The molecule has 2 rings (SSSR count). The Morgan fingerprint density at radius 1 is 1.72 bits per heavy atom. The molecule has 0 radical (unpaired) electrons. The van der Waals surface area contributed by atoms with Crippen molar-refractivity contribution in [3.8, 4) is 0 Å². The largest absolute Gasteiger partial charge is 0.396 e. The first-order chi connectivity index (χ1) is 8.72. The van der Waals surface area contributed by atoms with Gasteiger partial charge in [-0.1, -0.05) is 6.92 Å². The molecule has 1 saturated heterocycles. The fraction of sp³-hybridized carbons (Fsp3) is 0.667. The minimum absolute atomic E-state index is 0.0583. The van der Waals surface area contributed by atoms with Crippen molar-refractivity contribution in [3.05, 3.63) is 16.1 Å². The molecule has 2 amide bonds. The van der Waals surface area contributed by atoms with Gasteiger partial charge in [0.05, 0.1) is 17.2 Å². The molecular formula is C12H19N3O2S. The Hall–Kier alpha value is -1.14. The minimum atomic E-state index is -0.0583. The second-order valence-corrected chi connectivity index (χ2v) is 5.47. The summed E-state index contributed by atoms with van der Waals surface area (Å²) in [6, 6.07) is -0.0583. The third kappa shape index (κ3) is 3.20. The maximum atomic E-state index is 11.9. The fourth-order valence-electron chi connectivity index (χ4n) is 2.04. The highest BCUT2D eigenvalue weighted by Crippen LogP contribution is 2.15. The van der Waals surface area contributed by atoms with Gasteiger partial charge in [-0.25, -0.2) is 9.78 Å². The lowest BCUT2D eigenvalue weighted by Gasteiger charge is -2.16. The molecular weight excluding hydrogens is 250 g/mol. The van der Waals surface area contributed by atoms with E-state index >= 15 is 0 Å². The standard InChI is InChI=1S/C12H19N3O2S/c1-2-11-14-10(8-18-11)5-13-12(17)15-4-3-9(6-15)7-16/h8-9,16H,2-7H2,1H3,(H,13,17). The number of urea groups is 1. The summed E-state index contributed by atoms with van der Waals surface area (Å²) < 4.78 is 0. The van der Waals surface area contributed by atoms with Gasteiger partial charge >= 0.3 is 6.03 Å². The lowest BCUT2D eigenvalue weighted by Crippen LogP contribution is -2.38. The van der Waals surface area contributed by atoms with Crippen LogP contribution in [0.2, 0.25) is 0 Å². The number of thiazole rings is 1. The van der Waals surface area contributed by atoms with Crippen LogP contribution in [-0.4, -0.2) is 40.7 Å². The highest BCUT2D eigenvalue weighted by atomic mass is 32.1. The predicted octanol–water partition coefficient (Wildman–Crippen LogP) is 1.23. The number of carbonyl (C=O) groups excluding carboxylic acids is 1. The molecule has 5 nitrogen and oxygen atoms in total. The van der Waals surface area contributed by atoms with Crippen molar-refractivity contribution < 1.29 is 9.90 Å². The van der Waals surface area contributed by atoms with E-state index in [1.54, 1.807) is 16.2 Å². The van der Waals surface area contributed by atoms with Crippen molar-refractivity contribution in [2.24, 2.45) is 5.92 Å². The molecule has 6 heteroatoms.